The zero-order chi connectivity index (χ0) is 11.5. The van der Waals surface area contributed by atoms with Crippen LogP contribution in [-0.2, 0) is 0 Å². The predicted octanol–water partition coefficient (Wildman–Crippen LogP) is 2.55. The molecule has 3 nitrogen and oxygen atoms in total. The SMILES string of the molecule is c1cc(-c2ccc(OC3CCNC3)nc2)cs1. The van der Waals surface area contributed by atoms with E-state index >= 15 is 0 Å². The van der Waals surface area contributed by atoms with Crippen LogP contribution in [0.4, 0.5) is 0 Å². The molecule has 0 radical (unpaired) electrons. The van der Waals surface area contributed by atoms with Gasteiger partial charge in [-0.05, 0) is 41.4 Å². The standard InChI is InChI=1S/C13H14N2OS/c1-2-13(16-12-3-5-14-8-12)15-7-10(1)11-4-6-17-9-11/h1-2,4,6-7,9,12,14H,3,5,8H2. The van der Waals surface area contributed by atoms with Gasteiger partial charge in [-0.15, -0.1) is 0 Å². The first-order valence-electron chi connectivity index (χ1n) is 5.78. The van der Waals surface area contributed by atoms with Crippen molar-refractivity contribution in [1.82, 2.24) is 10.3 Å². The molecule has 1 atom stereocenters. The molecule has 0 aliphatic carbocycles. The van der Waals surface area contributed by atoms with Gasteiger partial charge in [-0.2, -0.15) is 11.3 Å². The monoisotopic (exact) mass is 246 g/mol. The third kappa shape index (κ3) is 2.48. The van der Waals surface area contributed by atoms with Crippen molar-refractivity contribution < 1.29 is 4.74 Å². The van der Waals surface area contributed by atoms with Crippen molar-refractivity contribution in [2.75, 3.05) is 13.1 Å². The molecular formula is C13H14N2OS. The van der Waals surface area contributed by atoms with Crippen molar-refractivity contribution >= 4 is 11.3 Å². The first-order chi connectivity index (χ1) is 8.42. The zero-order valence-electron chi connectivity index (χ0n) is 9.43. The van der Waals surface area contributed by atoms with Gasteiger partial charge in [0.1, 0.15) is 6.10 Å². The maximum absolute atomic E-state index is 5.78. The van der Waals surface area contributed by atoms with Gasteiger partial charge in [0.25, 0.3) is 0 Å². The van der Waals surface area contributed by atoms with Crippen molar-refractivity contribution in [1.29, 1.82) is 0 Å². The highest BCUT2D eigenvalue weighted by Crippen LogP contribution is 2.23. The van der Waals surface area contributed by atoms with Gasteiger partial charge in [-0.3, -0.25) is 0 Å². The van der Waals surface area contributed by atoms with Crippen LogP contribution in [-0.4, -0.2) is 24.2 Å². The molecule has 88 valence electrons. The number of ether oxygens (including phenoxy) is 1. The molecule has 1 aliphatic rings. The van der Waals surface area contributed by atoms with Crippen molar-refractivity contribution in [3.63, 3.8) is 0 Å². The van der Waals surface area contributed by atoms with E-state index in [9.17, 15) is 0 Å². The van der Waals surface area contributed by atoms with Crippen molar-refractivity contribution in [3.05, 3.63) is 35.2 Å². The Morgan fingerprint density at radius 3 is 2.94 bits per heavy atom. The lowest BCUT2D eigenvalue weighted by molar-refractivity contribution is 0.214. The molecule has 0 amide bonds. The average Bonchev–Trinajstić information content (AvgIpc) is 3.01. The highest BCUT2D eigenvalue weighted by atomic mass is 32.1. The molecule has 2 aromatic heterocycles. The van der Waals surface area contributed by atoms with Crippen molar-refractivity contribution in [2.45, 2.75) is 12.5 Å². The lowest BCUT2D eigenvalue weighted by Crippen LogP contribution is -2.19. The van der Waals surface area contributed by atoms with Gasteiger partial charge in [0.05, 0.1) is 0 Å². The molecule has 0 saturated carbocycles. The average molecular weight is 246 g/mol. The van der Waals surface area contributed by atoms with E-state index in [0.29, 0.717) is 0 Å². The van der Waals surface area contributed by atoms with Crippen molar-refractivity contribution in [3.8, 4) is 17.0 Å². The first-order valence-corrected chi connectivity index (χ1v) is 6.72. The maximum Gasteiger partial charge on any atom is 0.213 e. The second-order valence-electron chi connectivity index (χ2n) is 4.13. The molecule has 0 aromatic carbocycles. The fraction of sp³-hybridized carbons (Fsp3) is 0.308. The summed E-state index contributed by atoms with van der Waals surface area (Å²) in [7, 11) is 0. The van der Waals surface area contributed by atoms with Crippen LogP contribution in [0.15, 0.2) is 35.2 Å². The molecular weight excluding hydrogens is 232 g/mol. The normalized spacial score (nSPS) is 19.4. The van der Waals surface area contributed by atoms with E-state index in [1.54, 1.807) is 11.3 Å². The number of hydrogen-bond acceptors (Lipinski definition) is 4. The number of hydrogen-bond donors (Lipinski definition) is 1. The second kappa shape index (κ2) is 4.85. The highest BCUT2D eigenvalue weighted by Gasteiger charge is 2.16. The number of thiophene rings is 1. The van der Waals surface area contributed by atoms with Gasteiger partial charge >= 0.3 is 0 Å². The Labute approximate surface area is 104 Å². The lowest BCUT2D eigenvalue weighted by atomic mass is 10.2. The summed E-state index contributed by atoms with van der Waals surface area (Å²) in [6, 6.07) is 6.11. The van der Waals surface area contributed by atoms with Crippen LogP contribution in [0.5, 0.6) is 5.88 Å². The smallest absolute Gasteiger partial charge is 0.213 e. The molecule has 1 aliphatic heterocycles. The Morgan fingerprint density at radius 1 is 1.29 bits per heavy atom. The van der Waals surface area contributed by atoms with E-state index < -0.39 is 0 Å². The molecule has 1 saturated heterocycles. The summed E-state index contributed by atoms with van der Waals surface area (Å²) >= 11 is 1.70. The highest BCUT2D eigenvalue weighted by molar-refractivity contribution is 7.08. The number of rotatable bonds is 3. The Balaban J connectivity index is 1.71. The van der Waals surface area contributed by atoms with Crippen LogP contribution in [0.3, 0.4) is 0 Å². The Morgan fingerprint density at radius 2 is 2.29 bits per heavy atom. The summed E-state index contributed by atoms with van der Waals surface area (Å²) in [6.07, 6.45) is 3.21. The molecule has 1 unspecified atom stereocenters. The van der Waals surface area contributed by atoms with Gasteiger partial charge in [-0.1, -0.05) is 0 Å². The minimum absolute atomic E-state index is 0.273. The predicted molar refractivity (Wildman–Crippen MR) is 69.5 cm³/mol. The van der Waals surface area contributed by atoms with E-state index in [4.69, 9.17) is 4.74 Å². The molecule has 3 rings (SSSR count). The van der Waals surface area contributed by atoms with Gasteiger partial charge in [-0.25, -0.2) is 4.98 Å². The van der Waals surface area contributed by atoms with Gasteiger partial charge in [0.2, 0.25) is 5.88 Å². The van der Waals surface area contributed by atoms with E-state index in [0.717, 1.165) is 31.0 Å². The summed E-state index contributed by atoms with van der Waals surface area (Å²) in [5, 5.41) is 7.47. The summed E-state index contributed by atoms with van der Waals surface area (Å²) in [6.45, 7) is 1.96. The molecule has 1 fully saturated rings. The Bertz CT molecular complexity index is 461. The lowest BCUT2D eigenvalue weighted by Gasteiger charge is -2.11. The van der Waals surface area contributed by atoms with E-state index in [2.05, 4.69) is 33.2 Å². The second-order valence-corrected chi connectivity index (χ2v) is 4.91. The van der Waals surface area contributed by atoms with Crippen LogP contribution in [0.1, 0.15) is 6.42 Å². The number of aromatic nitrogens is 1. The van der Waals surface area contributed by atoms with Crippen LogP contribution in [0.2, 0.25) is 0 Å². The third-order valence-electron chi connectivity index (χ3n) is 2.89. The third-order valence-corrected chi connectivity index (χ3v) is 3.58. The number of pyridine rings is 1. The van der Waals surface area contributed by atoms with Gasteiger partial charge < -0.3 is 10.1 Å². The zero-order valence-corrected chi connectivity index (χ0v) is 10.2. The van der Waals surface area contributed by atoms with Crippen LogP contribution < -0.4 is 10.1 Å². The molecule has 0 bridgehead atoms. The summed E-state index contributed by atoms with van der Waals surface area (Å²) < 4.78 is 5.78. The number of nitrogens with one attached hydrogen (secondary N) is 1. The molecule has 17 heavy (non-hydrogen) atoms. The van der Waals surface area contributed by atoms with E-state index in [-0.39, 0.29) is 6.10 Å². The van der Waals surface area contributed by atoms with Crippen LogP contribution in [0.25, 0.3) is 11.1 Å². The molecule has 0 spiro atoms. The molecule has 2 aromatic rings. The van der Waals surface area contributed by atoms with Crippen LogP contribution in [0, 0.1) is 0 Å². The summed E-state index contributed by atoms with van der Waals surface area (Å²) in [4.78, 5) is 4.35. The minimum Gasteiger partial charge on any atom is -0.473 e. The number of nitrogens with zero attached hydrogens (tertiary/aromatic N) is 1. The molecule has 1 N–H and O–H groups in total. The van der Waals surface area contributed by atoms with Gasteiger partial charge in [0.15, 0.2) is 0 Å². The maximum atomic E-state index is 5.78. The molecule has 4 heteroatoms. The summed E-state index contributed by atoms with van der Waals surface area (Å²) in [5.41, 5.74) is 2.36. The Hall–Kier alpha value is -1.39. The van der Waals surface area contributed by atoms with Gasteiger partial charge in [0, 0.05) is 24.4 Å². The van der Waals surface area contributed by atoms with E-state index in [1.807, 2.05) is 12.3 Å². The summed E-state index contributed by atoms with van der Waals surface area (Å²) in [5.74, 6) is 0.720. The first kappa shape index (κ1) is 10.7. The van der Waals surface area contributed by atoms with E-state index in [1.165, 1.54) is 5.56 Å². The topological polar surface area (TPSA) is 34.1 Å². The van der Waals surface area contributed by atoms with Crippen LogP contribution >= 0.6 is 11.3 Å². The minimum atomic E-state index is 0.273. The van der Waals surface area contributed by atoms with Crippen molar-refractivity contribution in [2.24, 2.45) is 0 Å². The fourth-order valence-corrected chi connectivity index (χ4v) is 2.61. The molecule has 3 heterocycles. The Kier molecular flexibility index (Phi) is 3.07. The largest absolute Gasteiger partial charge is 0.473 e. The fourth-order valence-electron chi connectivity index (χ4n) is 1.95. The quantitative estimate of drug-likeness (QED) is 0.903.